The molecule has 282 valence electrons. The van der Waals surface area contributed by atoms with Gasteiger partial charge in [-0.05, 0) is 82.6 Å². The van der Waals surface area contributed by atoms with Crippen molar-refractivity contribution in [2.45, 2.75) is 111 Å². The molecule has 1 aliphatic rings. The van der Waals surface area contributed by atoms with Gasteiger partial charge in [0.1, 0.15) is 17.9 Å². The van der Waals surface area contributed by atoms with Gasteiger partial charge in [0.05, 0.1) is 6.04 Å². The van der Waals surface area contributed by atoms with Crippen LogP contribution in [0.15, 0.2) is 65.1 Å². The van der Waals surface area contributed by atoms with Crippen LogP contribution in [-0.4, -0.2) is 74.7 Å². The average Bonchev–Trinajstić information content (AvgIpc) is 3.78. The van der Waals surface area contributed by atoms with Crippen LogP contribution < -0.4 is 16.0 Å². The molecular formula is C39H53FN6O6. The number of nitrogens with zero attached hydrogens (tertiary/aromatic N) is 3. The summed E-state index contributed by atoms with van der Waals surface area (Å²) in [5.74, 6) is -3.26. The lowest BCUT2D eigenvalue weighted by Crippen LogP contribution is -2.57. The Bertz CT molecular complexity index is 1640. The van der Waals surface area contributed by atoms with Gasteiger partial charge in [0, 0.05) is 29.6 Å². The summed E-state index contributed by atoms with van der Waals surface area (Å²) < 4.78 is 18.9. The highest BCUT2D eigenvalue weighted by Crippen LogP contribution is 2.23. The zero-order chi connectivity index (χ0) is 38.6. The summed E-state index contributed by atoms with van der Waals surface area (Å²) >= 11 is 0. The highest BCUT2D eigenvalue weighted by atomic mass is 19.1. The van der Waals surface area contributed by atoms with Crippen molar-refractivity contribution in [2.24, 2.45) is 11.8 Å². The maximum absolute atomic E-state index is 13.8. The van der Waals surface area contributed by atoms with E-state index in [9.17, 15) is 28.4 Å². The average molecular weight is 721 g/mol. The smallest absolute Gasteiger partial charge is 0.286 e. The topological polar surface area (TPSA) is 164 Å². The number of hydrogen-bond acceptors (Lipinski definition) is 8. The quantitative estimate of drug-likeness (QED) is 0.0790. The van der Waals surface area contributed by atoms with Crippen LogP contribution in [0.2, 0.25) is 0 Å². The monoisotopic (exact) mass is 720 g/mol. The lowest BCUT2D eigenvalue weighted by atomic mass is 9.95. The number of aromatic nitrogens is 2. The minimum absolute atomic E-state index is 0.0371. The number of nitrogens with one attached hydrogen (secondary N) is 3. The second kappa shape index (κ2) is 19.1. The zero-order valence-electron chi connectivity index (χ0n) is 31.3. The lowest BCUT2D eigenvalue weighted by Gasteiger charge is -2.31. The third-order valence-electron chi connectivity index (χ3n) is 8.86. The van der Waals surface area contributed by atoms with E-state index in [1.807, 2.05) is 46.8 Å². The van der Waals surface area contributed by atoms with Crippen molar-refractivity contribution in [1.82, 2.24) is 31.0 Å². The predicted molar refractivity (Wildman–Crippen MR) is 196 cm³/mol. The van der Waals surface area contributed by atoms with Crippen molar-refractivity contribution in [2.75, 3.05) is 6.54 Å². The van der Waals surface area contributed by atoms with Crippen LogP contribution in [0.1, 0.15) is 97.7 Å². The van der Waals surface area contributed by atoms with Crippen LogP contribution in [0, 0.1) is 17.7 Å². The van der Waals surface area contributed by atoms with Crippen molar-refractivity contribution < 1.29 is 32.8 Å². The summed E-state index contributed by atoms with van der Waals surface area (Å²) in [4.78, 5) is 67.9. The number of rotatable bonds is 18. The number of allylic oxidation sites excluding steroid dienone is 3. The van der Waals surface area contributed by atoms with Crippen molar-refractivity contribution in [3.05, 3.63) is 72.4 Å². The van der Waals surface area contributed by atoms with Gasteiger partial charge < -0.3 is 25.3 Å². The van der Waals surface area contributed by atoms with Crippen LogP contribution in [0.4, 0.5) is 4.39 Å². The zero-order valence-corrected chi connectivity index (χ0v) is 31.3. The molecule has 0 spiro atoms. The van der Waals surface area contributed by atoms with Gasteiger partial charge in [0.2, 0.25) is 29.4 Å². The lowest BCUT2D eigenvalue weighted by molar-refractivity contribution is -0.142. The van der Waals surface area contributed by atoms with E-state index in [4.69, 9.17) is 4.42 Å². The molecular weight excluding hydrogens is 667 g/mol. The number of halogens is 1. The molecule has 0 aliphatic carbocycles. The van der Waals surface area contributed by atoms with Crippen LogP contribution >= 0.6 is 0 Å². The summed E-state index contributed by atoms with van der Waals surface area (Å²) in [7, 11) is 0. The van der Waals surface area contributed by atoms with Gasteiger partial charge in [-0.2, -0.15) is 0 Å². The highest BCUT2D eigenvalue weighted by molar-refractivity contribution is 6.00. The molecule has 1 aromatic heterocycles. The first-order valence-electron chi connectivity index (χ1n) is 17.9. The third kappa shape index (κ3) is 11.8. The molecule has 2 heterocycles. The molecule has 3 rings (SSSR count). The maximum Gasteiger partial charge on any atom is 0.286 e. The second-order valence-electron chi connectivity index (χ2n) is 14.4. The molecule has 0 radical (unpaired) electrons. The number of amides is 4. The standard InChI is InChI=1S/C39H53FN6O6/c1-9-10-11-15-26(6)34(49)43-39(7,8)22-13-12-17-30(47)41-32(25(4)5)38(51)46-23-14-16-29(46)35(50)42-31(24(2)3)33(48)37-45-44-36(52-37)27-18-20-28(40)21-19-27/h9-11,15,18-21,24-25,29,31-32H,6,12-14,16-17,22-23H2,1-5,7-8H3,(H,41,47)(H,42,50)(H,43,49)/b10-9-,15-11-/t29-,31?,32?/m0/s1. The summed E-state index contributed by atoms with van der Waals surface area (Å²) in [5.41, 5.74) is 0.276. The molecule has 0 saturated carbocycles. The number of ketones is 1. The van der Waals surface area contributed by atoms with Crippen molar-refractivity contribution in [1.29, 1.82) is 0 Å². The van der Waals surface area contributed by atoms with E-state index in [2.05, 4.69) is 32.7 Å². The molecule has 1 aromatic carbocycles. The number of unbranched alkanes of at least 4 members (excludes halogenated alkanes) is 1. The molecule has 0 bridgehead atoms. The fourth-order valence-electron chi connectivity index (χ4n) is 5.85. The van der Waals surface area contributed by atoms with Gasteiger partial charge in [0.15, 0.2) is 0 Å². The Morgan fingerprint density at radius 2 is 1.67 bits per heavy atom. The van der Waals surface area contributed by atoms with Crippen molar-refractivity contribution in [3.63, 3.8) is 0 Å². The largest absolute Gasteiger partial charge is 0.414 e. The Hall–Kier alpha value is -4.94. The summed E-state index contributed by atoms with van der Waals surface area (Å²) in [5, 5.41) is 16.4. The first kappa shape index (κ1) is 41.5. The number of carbonyl (C=O) groups excluding carboxylic acids is 5. The van der Waals surface area contributed by atoms with Gasteiger partial charge >= 0.3 is 0 Å². The molecule has 1 aliphatic heterocycles. The van der Waals surface area contributed by atoms with Gasteiger partial charge in [-0.1, -0.05) is 65.0 Å². The van der Waals surface area contributed by atoms with Crippen LogP contribution in [0.3, 0.4) is 0 Å². The van der Waals surface area contributed by atoms with E-state index in [1.54, 1.807) is 26.0 Å². The molecule has 1 fully saturated rings. The van der Waals surface area contributed by atoms with Crippen LogP contribution in [0.25, 0.3) is 11.5 Å². The highest BCUT2D eigenvalue weighted by Gasteiger charge is 2.40. The number of hydrogen-bond donors (Lipinski definition) is 3. The van der Waals surface area contributed by atoms with Gasteiger partial charge in [-0.3, -0.25) is 24.0 Å². The fourth-order valence-corrected chi connectivity index (χ4v) is 5.85. The molecule has 2 aromatic rings. The Labute approximate surface area is 305 Å². The molecule has 1 saturated heterocycles. The molecule has 52 heavy (non-hydrogen) atoms. The van der Waals surface area contributed by atoms with E-state index in [0.717, 1.165) is 0 Å². The minimum Gasteiger partial charge on any atom is -0.414 e. The number of likely N-dealkylation sites (tertiary alicyclic amines) is 1. The molecule has 3 N–H and O–H groups in total. The molecule has 3 atom stereocenters. The first-order chi connectivity index (χ1) is 24.5. The fraction of sp³-hybridized carbons (Fsp3) is 0.513. The normalized spacial score (nSPS) is 16.0. The summed E-state index contributed by atoms with van der Waals surface area (Å²) in [6.45, 7) is 17.1. The summed E-state index contributed by atoms with van der Waals surface area (Å²) in [6.07, 6.45) is 10.1. The Balaban J connectivity index is 1.56. The SMILES string of the molecule is C=C(/C=C\C=C/C)C(=O)NC(C)(C)CCCCC(=O)NC(C(=O)N1CCC[C@H]1C(=O)NC(C(=O)c1nnc(-c2ccc(F)cc2)o1)C(C)C)C(C)C. The van der Waals surface area contributed by atoms with Crippen LogP contribution in [0.5, 0.6) is 0 Å². The Morgan fingerprint density at radius 3 is 2.31 bits per heavy atom. The molecule has 12 nitrogen and oxygen atoms in total. The Kier molecular flexibility index (Phi) is 15.2. The maximum atomic E-state index is 13.8. The van der Waals surface area contributed by atoms with E-state index in [-0.39, 0.29) is 47.8 Å². The third-order valence-corrected chi connectivity index (χ3v) is 8.86. The van der Waals surface area contributed by atoms with Gasteiger partial charge in [0.25, 0.3) is 11.8 Å². The minimum atomic E-state index is -1.01. The molecule has 13 heteroatoms. The van der Waals surface area contributed by atoms with Crippen LogP contribution in [-0.2, 0) is 19.2 Å². The van der Waals surface area contributed by atoms with Gasteiger partial charge in [-0.15, -0.1) is 10.2 Å². The Morgan fingerprint density at radius 1 is 1.00 bits per heavy atom. The van der Waals surface area contributed by atoms with E-state index in [0.29, 0.717) is 49.8 Å². The predicted octanol–water partition coefficient (Wildman–Crippen LogP) is 5.47. The van der Waals surface area contributed by atoms with E-state index in [1.165, 1.54) is 29.2 Å². The molecule has 2 unspecified atom stereocenters. The molecule has 4 amide bonds. The second-order valence-corrected chi connectivity index (χ2v) is 14.4. The number of benzene rings is 1. The summed E-state index contributed by atoms with van der Waals surface area (Å²) in [6, 6.07) is 2.69. The number of carbonyl (C=O) groups is 5. The van der Waals surface area contributed by atoms with Crippen molar-refractivity contribution >= 4 is 29.4 Å². The van der Waals surface area contributed by atoms with E-state index >= 15 is 0 Å². The van der Waals surface area contributed by atoms with E-state index < -0.39 is 41.2 Å². The number of Topliss-reactive ketones (excluding diaryl/α,β-unsaturated/α-hetero) is 1. The van der Waals surface area contributed by atoms with Gasteiger partial charge in [-0.25, -0.2) is 4.39 Å². The van der Waals surface area contributed by atoms with Crippen molar-refractivity contribution in [3.8, 4) is 11.5 Å². The first-order valence-corrected chi connectivity index (χ1v) is 17.9.